The summed E-state index contributed by atoms with van der Waals surface area (Å²) < 4.78 is 24.3. The quantitative estimate of drug-likeness (QED) is 0.492. The molecule has 0 amide bonds. The predicted octanol–water partition coefficient (Wildman–Crippen LogP) is 0.129. The van der Waals surface area contributed by atoms with Crippen LogP contribution in [-0.2, 0) is 13.8 Å². The third kappa shape index (κ3) is 3.98. The minimum absolute atomic E-state index is 0.0446. The zero-order valence-corrected chi connectivity index (χ0v) is 16.0. The van der Waals surface area contributed by atoms with Gasteiger partial charge in [0.15, 0.2) is 17.4 Å². The Morgan fingerprint density at radius 3 is 2.74 bits per heavy atom. The summed E-state index contributed by atoms with van der Waals surface area (Å²) in [5, 5.41) is 20.8. The molecule has 0 aliphatic carbocycles. The van der Waals surface area contributed by atoms with Crippen LogP contribution < -0.4 is 5.56 Å². The number of H-pyrrole nitrogens is 1. The molecule has 0 aromatic carbocycles. The van der Waals surface area contributed by atoms with Gasteiger partial charge in [-0.25, -0.2) is 9.97 Å². The van der Waals surface area contributed by atoms with Gasteiger partial charge in [-0.2, -0.15) is 0 Å². The van der Waals surface area contributed by atoms with E-state index in [2.05, 4.69) is 15.0 Å². The summed E-state index contributed by atoms with van der Waals surface area (Å²) in [6.07, 6.45) is -1.93. The Morgan fingerprint density at radius 1 is 1.37 bits per heavy atom. The van der Waals surface area contributed by atoms with Crippen molar-refractivity contribution >= 4 is 18.8 Å². The summed E-state index contributed by atoms with van der Waals surface area (Å²) in [5.74, 6) is 0. The second-order valence-corrected chi connectivity index (χ2v) is 9.20. The molecule has 1 aliphatic rings. The van der Waals surface area contributed by atoms with Gasteiger partial charge >= 0.3 is 7.60 Å². The number of hydrogen-bond donors (Lipinski definition) is 4. The number of hydrogen-bond acceptors (Lipinski definition) is 8. The fourth-order valence-electron chi connectivity index (χ4n) is 3.15. The molecule has 12 heteroatoms. The molecule has 0 bridgehead atoms. The number of nitrogens with zero attached hydrogens (tertiary/aromatic N) is 3. The minimum atomic E-state index is -3.75. The topological polar surface area (TPSA) is 160 Å². The van der Waals surface area contributed by atoms with Crippen LogP contribution in [0.25, 0.3) is 11.2 Å². The summed E-state index contributed by atoms with van der Waals surface area (Å²) in [6, 6.07) is 0. The second-order valence-electron chi connectivity index (χ2n) is 7.11. The Morgan fingerprint density at radius 2 is 2.07 bits per heavy atom. The van der Waals surface area contributed by atoms with E-state index in [1.54, 1.807) is 13.8 Å². The first kappa shape index (κ1) is 20.1. The number of aliphatic hydroxyl groups excluding tert-OH is 2. The number of imidazole rings is 1. The molecule has 2 aromatic rings. The van der Waals surface area contributed by atoms with Crippen molar-refractivity contribution in [2.24, 2.45) is 0 Å². The van der Waals surface area contributed by atoms with E-state index in [0.717, 1.165) is 0 Å². The first-order valence-electron chi connectivity index (χ1n) is 8.49. The largest absolute Gasteiger partial charge is 0.388 e. The number of aromatic nitrogens is 4. The van der Waals surface area contributed by atoms with Crippen molar-refractivity contribution in [3.05, 3.63) is 23.0 Å². The highest BCUT2D eigenvalue weighted by molar-refractivity contribution is 7.52. The average Bonchev–Trinajstić information content (AvgIpc) is 3.11. The van der Waals surface area contributed by atoms with Crippen LogP contribution in [0.15, 0.2) is 17.4 Å². The first-order chi connectivity index (χ1) is 12.5. The van der Waals surface area contributed by atoms with E-state index in [0.29, 0.717) is 0 Å². The summed E-state index contributed by atoms with van der Waals surface area (Å²) >= 11 is 0. The average molecular weight is 402 g/mol. The van der Waals surface area contributed by atoms with E-state index in [4.69, 9.17) is 9.26 Å². The fraction of sp³-hybridized carbons (Fsp3) is 0.667. The van der Waals surface area contributed by atoms with E-state index in [-0.39, 0.29) is 23.7 Å². The van der Waals surface area contributed by atoms with Crippen LogP contribution in [0.5, 0.6) is 0 Å². The van der Waals surface area contributed by atoms with Gasteiger partial charge in [-0.15, -0.1) is 0 Å². The molecule has 2 unspecified atom stereocenters. The predicted molar refractivity (Wildman–Crippen MR) is 94.2 cm³/mol. The molecule has 0 saturated carbocycles. The van der Waals surface area contributed by atoms with Crippen molar-refractivity contribution in [3.8, 4) is 0 Å². The lowest BCUT2D eigenvalue weighted by Gasteiger charge is -2.30. The van der Waals surface area contributed by atoms with Gasteiger partial charge in [-0.05, 0) is 13.8 Å². The molecule has 1 fully saturated rings. The van der Waals surface area contributed by atoms with Gasteiger partial charge < -0.3 is 29.4 Å². The van der Waals surface area contributed by atoms with E-state index in [1.807, 2.05) is 0 Å². The van der Waals surface area contributed by atoms with E-state index >= 15 is 0 Å². The number of rotatable bonds is 6. The lowest BCUT2D eigenvalue weighted by atomic mass is 9.97. The molecule has 11 nitrogen and oxygen atoms in total. The number of aliphatic hydroxyl groups is 2. The highest BCUT2D eigenvalue weighted by Gasteiger charge is 2.47. The minimum Gasteiger partial charge on any atom is -0.388 e. The summed E-state index contributed by atoms with van der Waals surface area (Å²) in [5.41, 5.74) is -1.22. The standard InChI is InChI=1S/C15H23N4O7P/c1-4-27(23,24)26-15(2,3)5-8-10(20)11(21)14(25-8)19-7-18-9-12(19)16-6-17-13(9)22/h6-8,10-11,14,20-21H,4-5H2,1-3H3,(H,23,24)(H,16,17,22)/t8?,10-,11-,14-/m1/s1. The van der Waals surface area contributed by atoms with Gasteiger partial charge in [0, 0.05) is 12.6 Å². The van der Waals surface area contributed by atoms with E-state index in [9.17, 15) is 24.5 Å². The maximum atomic E-state index is 11.9. The van der Waals surface area contributed by atoms with Crippen LogP contribution in [0.2, 0.25) is 0 Å². The second kappa shape index (κ2) is 7.08. The molecular weight excluding hydrogens is 379 g/mol. The Bertz CT molecular complexity index is 926. The van der Waals surface area contributed by atoms with Crippen molar-refractivity contribution in [3.63, 3.8) is 0 Å². The Kier molecular flexibility index (Phi) is 5.28. The molecule has 3 rings (SSSR count). The zero-order chi connectivity index (χ0) is 20.0. The molecular formula is C15H23N4O7P. The maximum absolute atomic E-state index is 11.9. The smallest absolute Gasteiger partial charge is 0.328 e. The van der Waals surface area contributed by atoms with Crippen molar-refractivity contribution in [2.45, 2.75) is 57.3 Å². The Balaban J connectivity index is 1.82. The third-order valence-electron chi connectivity index (χ3n) is 4.46. The van der Waals surface area contributed by atoms with Crippen molar-refractivity contribution < 1.29 is 28.9 Å². The highest BCUT2D eigenvalue weighted by atomic mass is 31.2. The third-order valence-corrected chi connectivity index (χ3v) is 6.04. The molecule has 27 heavy (non-hydrogen) atoms. The fourth-order valence-corrected chi connectivity index (χ4v) is 4.13. The molecule has 0 radical (unpaired) electrons. The molecule has 5 atom stereocenters. The Hall–Kier alpha value is -1.62. The van der Waals surface area contributed by atoms with Gasteiger partial charge in [-0.3, -0.25) is 13.9 Å². The zero-order valence-electron chi connectivity index (χ0n) is 15.1. The number of aromatic amines is 1. The number of ether oxygens (including phenoxy) is 1. The molecule has 1 saturated heterocycles. The van der Waals surface area contributed by atoms with Crippen molar-refractivity contribution in [1.82, 2.24) is 19.5 Å². The number of nitrogens with one attached hydrogen (secondary N) is 1. The van der Waals surface area contributed by atoms with Crippen LogP contribution in [0.3, 0.4) is 0 Å². The van der Waals surface area contributed by atoms with Crippen molar-refractivity contribution in [2.75, 3.05) is 6.16 Å². The van der Waals surface area contributed by atoms with Crippen LogP contribution in [0.1, 0.15) is 33.4 Å². The normalized spacial score (nSPS) is 28.5. The first-order valence-corrected chi connectivity index (χ1v) is 10.3. The highest BCUT2D eigenvalue weighted by Crippen LogP contribution is 2.47. The molecule has 3 heterocycles. The van der Waals surface area contributed by atoms with Gasteiger partial charge in [0.2, 0.25) is 0 Å². The maximum Gasteiger partial charge on any atom is 0.328 e. The van der Waals surface area contributed by atoms with Gasteiger partial charge in [0.05, 0.1) is 24.4 Å². The van der Waals surface area contributed by atoms with Crippen LogP contribution in [-0.4, -0.2) is 64.7 Å². The van der Waals surface area contributed by atoms with Crippen LogP contribution >= 0.6 is 7.60 Å². The van der Waals surface area contributed by atoms with Gasteiger partial charge in [0.1, 0.15) is 12.2 Å². The molecule has 0 spiro atoms. The van der Waals surface area contributed by atoms with E-state index < -0.39 is 43.3 Å². The number of fused-ring (bicyclic) bond motifs is 1. The monoisotopic (exact) mass is 402 g/mol. The van der Waals surface area contributed by atoms with Crippen LogP contribution in [0, 0.1) is 0 Å². The van der Waals surface area contributed by atoms with Gasteiger partial charge in [-0.1, -0.05) is 6.92 Å². The molecule has 150 valence electrons. The lowest BCUT2D eigenvalue weighted by molar-refractivity contribution is -0.0602. The van der Waals surface area contributed by atoms with Gasteiger partial charge in [0.25, 0.3) is 5.56 Å². The molecule has 1 aliphatic heterocycles. The molecule has 4 N–H and O–H groups in total. The van der Waals surface area contributed by atoms with Crippen molar-refractivity contribution in [1.29, 1.82) is 0 Å². The lowest BCUT2D eigenvalue weighted by Crippen LogP contribution is -2.37. The summed E-state index contributed by atoms with van der Waals surface area (Å²) in [6.45, 7) is 4.75. The SMILES string of the molecule is CCP(=O)(O)OC(C)(C)CC1O[C@@H](n2cnc3c(=O)[nH]cnc32)[C@H](O)[C@@H]1O. The van der Waals surface area contributed by atoms with Crippen LogP contribution in [0.4, 0.5) is 0 Å². The molecule has 2 aromatic heterocycles. The Labute approximate surface area is 154 Å². The van der Waals surface area contributed by atoms with E-state index in [1.165, 1.54) is 24.1 Å². The summed E-state index contributed by atoms with van der Waals surface area (Å²) in [7, 11) is -3.75. The summed E-state index contributed by atoms with van der Waals surface area (Å²) in [4.78, 5) is 31.9.